The molecule has 10 heteroatoms. The highest BCUT2D eigenvalue weighted by Crippen LogP contribution is 2.46. The minimum atomic E-state index is -0.312. The second-order valence-electron chi connectivity index (χ2n) is 31.6. The van der Waals surface area contributed by atoms with Crippen molar-refractivity contribution in [3.05, 3.63) is 408 Å². The molecule has 8 nitrogen and oxygen atoms in total. The van der Waals surface area contributed by atoms with Crippen molar-refractivity contribution < 1.29 is 8.78 Å². The van der Waals surface area contributed by atoms with Crippen LogP contribution in [0.25, 0.3) is 190 Å². The van der Waals surface area contributed by atoms with E-state index < -0.39 is 0 Å². The second kappa shape index (κ2) is 30.9. The Morgan fingerprint density at radius 2 is 0.508 bits per heavy atom. The van der Waals surface area contributed by atoms with Crippen LogP contribution in [-0.2, 0) is 12.8 Å². The molecule has 4 heterocycles. The first-order chi connectivity index (χ1) is 58.7. The lowest BCUT2D eigenvalue weighted by molar-refractivity contribution is 0.628. The smallest absolute Gasteiger partial charge is 0.166 e. The Morgan fingerprint density at radius 1 is 0.208 bits per heavy atom. The predicted octanol–water partition coefficient (Wildman–Crippen LogP) is 28.2. The van der Waals surface area contributed by atoms with Gasteiger partial charge < -0.3 is 9.13 Å². The van der Waals surface area contributed by atoms with Gasteiger partial charge in [-0.15, -0.1) is 0 Å². The molecule has 0 fully saturated rings. The Morgan fingerprint density at radius 3 is 0.867 bits per heavy atom. The quantitative estimate of drug-likeness (QED) is 0.0903. The average Bonchev–Trinajstić information content (AvgIpc) is 1.58. The van der Waals surface area contributed by atoms with Gasteiger partial charge in [-0.1, -0.05) is 278 Å². The summed E-state index contributed by atoms with van der Waals surface area (Å²) in [5, 5.41) is 4.35. The monoisotopic (exact) mass is 1550 g/mol. The number of aryl methyl sites for hydroxylation is 8. The molecule has 20 rings (SSSR count). The number of nitrogens with zero attached hydrogens (tertiary/aromatic N) is 8. The summed E-state index contributed by atoms with van der Waals surface area (Å²) in [6.45, 7) is 13.1. The first kappa shape index (κ1) is 73.9. The number of hydrogen-bond acceptors (Lipinski definition) is 6. The normalized spacial score (nSPS) is 11.6. The van der Waals surface area contributed by atoms with E-state index in [1.54, 1.807) is 24.3 Å². The molecule has 0 aliphatic carbocycles. The molecule has 20 aromatic rings. The summed E-state index contributed by atoms with van der Waals surface area (Å²) in [5.74, 6) is 2.62. The predicted molar refractivity (Wildman–Crippen MR) is 489 cm³/mol. The molecule has 0 bridgehead atoms. The van der Waals surface area contributed by atoms with Gasteiger partial charge in [0.05, 0.1) is 33.4 Å². The number of hydrogen-bond donors (Lipinski definition) is 0. The van der Waals surface area contributed by atoms with Crippen LogP contribution in [0.4, 0.5) is 8.78 Å². The minimum Gasteiger partial charge on any atom is -0.308 e. The Balaban J connectivity index is 0.668. The fourth-order valence-electron chi connectivity index (χ4n) is 17.6. The maximum Gasteiger partial charge on any atom is 0.166 e. The van der Waals surface area contributed by atoms with E-state index in [-0.39, 0.29) is 11.6 Å². The number of halogens is 2. The van der Waals surface area contributed by atoms with E-state index in [9.17, 15) is 0 Å². The molecule has 0 aliphatic heterocycles. The van der Waals surface area contributed by atoms with Gasteiger partial charge in [0.1, 0.15) is 11.6 Å². The van der Waals surface area contributed by atoms with Crippen molar-refractivity contribution in [1.82, 2.24) is 39.0 Å². The first-order valence-corrected chi connectivity index (χ1v) is 40.8. The Kier molecular flexibility index (Phi) is 19.0. The fourth-order valence-corrected chi connectivity index (χ4v) is 17.6. The van der Waals surface area contributed by atoms with Gasteiger partial charge in [0, 0.05) is 54.9 Å². The van der Waals surface area contributed by atoms with E-state index in [1.165, 1.54) is 62.2 Å². The van der Waals surface area contributed by atoms with Crippen LogP contribution in [0, 0.1) is 53.2 Å². The van der Waals surface area contributed by atoms with Crippen molar-refractivity contribution in [2.75, 3.05) is 0 Å². The van der Waals surface area contributed by atoms with Gasteiger partial charge in [0.25, 0.3) is 0 Å². The maximum absolute atomic E-state index is 15.4. The third kappa shape index (κ3) is 14.1. The van der Waals surface area contributed by atoms with Crippen LogP contribution in [0.15, 0.2) is 352 Å². The average molecular weight is 1550 g/mol. The zero-order chi connectivity index (χ0) is 81.2. The number of aromatic nitrogens is 8. The number of fused-ring (bicyclic) bond motifs is 6. The Labute approximate surface area is 695 Å². The summed E-state index contributed by atoms with van der Waals surface area (Å²) in [7, 11) is 0. The van der Waals surface area contributed by atoms with Gasteiger partial charge in [-0.25, -0.2) is 38.7 Å². The molecule has 0 amide bonds. The lowest BCUT2D eigenvalue weighted by Gasteiger charge is -2.17. The van der Waals surface area contributed by atoms with Crippen molar-refractivity contribution in [2.24, 2.45) is 0 Å². The lowest BCUT2D eigenvalue weighted by atomic mass is 9.93. The second-order valence-corrected chi connectivity index (χ2v) is 31.6. The molecule has 0 aliphatic rings. The van der Waals surface area contributed by atoms with Crippen molar-refractivity contribution in [3.8, 4) is 146 Å². The molecule has 0 atom stereocenters. The van der Waals surface area contributed by atoms with Crippen molar-refractivity contribution in [2.45, 2.75) is 54.4 Å². The Bertz CT molecular complexity index is 7320. The molecule has 0 saturated heterocycles. The van der Waals surface area contributed by atoms with Crippen LogP contribution in [0.1, 0.15) is 44.5 Å². The summed E-state index contributed by atoms with van der Waals surface area (Å²) in [6.07, 6.45) is 1.69. The minimum absolute atomic E-state index is 0.310. The standard InChI is InChI=1S/C110H80F2N8/c1-67-33-45-89(69(3)55-67)83-43-53-99-97(61-83)98-62-84(44-54-100(98)119(99)103-63-81(79-29-19-31-87(111)59-79)39-51-95(103)109-115-105(75-21-11-7-12-22-75)113-106(116-109)76-23-13-8-14-24-76)91-47-37-73(57-71(91)5)35-36-74-38-48-92(72(6)58-74)86-42-50-94-93-49-41-85(90-46-34-68(2)56-70(90)4)65-101(93)120(102(94)66-86)104-64-82(80-30-20-32-88(112)60-80)40-52-96(104)110-117-107(77-25-15-9-16-26-77)114-108(118-110)78-27-17-10-18-28-78/h7-34,37-66H,35-36H2,1-6H3. The summed E-state index contributed by atoms with van der Waals surface area (Å²) in [5.41, 5.74) is 32.7. The highest BCUT2D eigenvalue weighted by molar-refractivity contribution is 6.14. The zero-order valence-electron chi connectivity index (χ0n) is 67.2. The van der Waals surface area contributed by atoms with Crippen LogP contribution in [0.5, 0.6) is 0 Å². The molecule has 120 heavy (non-hydrogen) atoms. The van der Waals surface area contributed by atoms with Gasteiger partial charge >= 0.3 is 0 Å². The topological polar surface area (TPSA) is 87.2 Å². The van der Waals surface area contributed by atoms with Crippen LogP contribution < -0.4 is 0 Å². The van der Waals surface area contributed by atoms with E-state index in [0.29, 0.717) is 34.9 Å². The van der Waals surface area contributed by atoms with Crippen LogP contribution in [0.2, 0.25) is 0 Å². The lowest BCUT2D eigenvalue weighted by Crippen LogP contribution is -2.04. The summed E-state index contributed by atoms with van der Waals surface area (Å²) < 4.78 is 35.4. The van der Waals surface area contributed by atoms with Crippen molar-refractivity contribution >= 4 is 43.6 Å². The zero-order valence-corrected chi connectivity index (χ0v) is 67.2. The van der Waals surface area contributed by atoms with Crippen molar-refractivity contribution in [1.29, 1.82) is 0 Å². The molecule has 0 radical (unpaired) electrons. The Hall–Kier alpha value is -15.0. The number of benzene rings is 16. The molecular weight excluding hydrogens is 1470 g/mol. The first-order valence-electron chi connectivity index (χ1n) is 40.8. The van der Waals surface area contributed by atoms with Crippen molar-refractivity contribution in [3.63, 3.8) is 0 Å². The van der Waals surface area contributed by atoms with E-state index in [1.807, 2.05) is 146 Å². The van der Waals surface area contributed by atoms with Gasteiger partial charge in [-0.2, -0.15) is 0 Å². The molecule has 0 N–H and O–H groups in total. The fraction of sp³-hybridized carbons (Fsp3) is 0.0727. The third-order valence-corrected chi connectivity index (χ3v) is 23.5. The molecule has 16 aromatic carbocycles. The summed E-state index contributed by atoms with van der Waals surface area (Å²) in [4.78, 5) is 31.5. The third-order valence-electron chi connectivity index (χ3n) is 23.5. The van der Waals surface area contributed by atoms with Gasteiger partial charge in [0.2, 0.25) is 0 Å². The molecule has 0 spiro atoms. The highest BCUT2D eigenvalue weighted by atomic mass is 19.1. The largest absolute Gasteiger partial charge is 0.308 e. The van der Waals surface area contributed by atoms with Crippen LogP contribution >= 0.6 is 0 Å². The highest BCUT2D eigenvalue weighted by Gasteiger charge is 2.26. The van der Waals surface area contributed by atoms with E-state index >= 15 is 8.78 Å². The maximum atomic E-state index is 15.4. The van der Waals surface area contributed by atoms with E-state index in [2.05, 4.69) is 221 Å². The number of rotatable bonds is 17. The van der Waals surface area contributed by atoms with E-state index in [4.69, 9.17) is 29.9 Å². The van der Waals surface area contributed by atoms with Crippen LogP contribution in [0.3, 0.4) is 0 Å². The summed E-state index contributed by atoms with van der Waals surface area (Å²) >= 11 is 0. The molecule has 574 valence electrons. The molecule has 0 saturated carbocycles. The van der Waals surface area contributed by atoms with E-state index in [0.717, 1.165) is 162 Å². The van der Waals surface area contributed by atoms with Crippen LogP contribution in [-0.4, -0.2) is 39.0 Å². The SMILES string of the molecule is Cc1ccc(-c2ccc3c(c2)c2cc(-c4ccc(CCc5ccc(-c6ccc7c8ccc(-c9ccc(C)cc9C)cc8n(-c8cc(-c9cccc(F)c9)ccc8-c8nc(-c9ccccc9)nc(-c9ccccc9)n8)c7c6)c(C)c5)cc4C)ccc2n3-c2cc(-c3cccc(F)c3)ccc2-c2nc(-c3ccccc3)nc(-c3ccccc3)n2)c(C)c1. The van der Waals surface area contributed by atoms with Gasteiger partial charge in [0.15, 0.2) is 34.9 Å². The molecule has 0 unspecified atom stereocenters. The van der Waals surface area contributed by atoms with Gasteiger partial charge in [-0.3, -0.25) is 0 Å². The molecular formula is C110H80F2N8. The van der Waals surface area contributed by atoms with Gasteiger partial charge in [-0.05, 0) is 239 Å². The molecule has 4 aromatic heterocycles. The summed E-state index contributed by atoms with van der Waals surface area (Å²) in [6, 6.07) is 121.